The maximum atomic E-state index is 12.3. The zero-order valence-electron chi connectivity index (χ0n) is 14.3. The minimum atomic E-state index is -3.40. The van der Waals surface area contributed by atoms with Gasteiger partial charge in [-0.15, -0.1) is 0 Å². The third-order valence-electron chi connectivity index (χ3n) is 4.26. The van der Waals surface area contributed by atoms with Crippen molar-refractivity contribution in [1.29, 1.82) is 0 Å². The van der Waals surface area contributed by atoms with Crippen LogP contribution >= 0.6 is 0 Å². The van der Waals surface area contributed by atoms with Gasteiger partial charge in [-0.05, 0) is 55.6 Å². The summed E-state index contributed by atoms with van der Waals surface area (Å²) in [7, 11) is -3.40. The topological polar surface area (TPSA) is 75.4 Å². The van der Waals surface area contributed by atoms with Gasteiger partial charge in [-0.2, -0.15) is 0 Å². The molecule has 1 aliphatic carbocycles. The molecule has 0 aromatic heterocycles. The van der Waals surface area contributed by atoms with Crippen molar-refractivity contribution in [1.82, 2.24) is 4.72 Å². The lowest BCUT2D eigenvalue weighted by Crippen LogP contribution is -2.27. The molecule has 0 unspecified atom stereocenters. The first kappa shape index (κ1) is 17.9. The van der Waals surface area contributed by atoms with Crippen LogP contribution in [0.4, 0.5) is 5.69 Å². The summed E-state index contributed by atoms with van der Waals surface area (Å²) in [5.74, 6) is 0. The predicted molar refractivity (Wildman–Crippen MR) is 101 cm³/mol. The summed E-state index contributed by atoms with van der Waals surface area (Å²) in [4.78, 5) is 2.55. The molecule has 3 rings (SSSR count). The summed E-state index contributed by atoms with van der Waals surface area (Å²) >= 11 is 0. The van der Waals surface area contributed by atoms with Gasteiger partial charge in [0, 0.05) is 24.8 Å². The van der Waals surface area contributed by atoms with E-state index in [-0.39, 0.29) is 6.04 Å². The van der Waals surface area contributed by atoms with Gasteiger partial charge in [0.1, 0.15) is 0 Å². The number of nitrogens with two attached hydrogens (primary N) is 1. The summed E-state index contributed by atoms with van der Waals surface area (Å²) in [6.07, 6.45) is 2.75. The molecule has 2 aromatic carbocycles. The Morgan fingerprint density at radius 2 is 1.72 bits per heavy atom. The van der Waals surface area contributed by atoms with Crippen molar-refractivity contribution in [3.8, 4) is 0 Å². The standard InChI is InChI=1S/C19H25N3O2S/c20-13-4-14-22(15-16-5-2-1-3-6-16)18-9-11-19(12-10-18)25(23,24)21-17-7-8-17/h1-3,5-6,9-12,17,21H,4,7-8,13-15,20H2. The van der Waals surface area contributed by atoms with E-state index in [1.165, 1.54) is 5.56 Å². The number of nitrogens with one attached hydrogen (secondary N) is 1. The highest BCUT2D eigenvalue weighted by atomic mass is 32.2. The van der Waals surface area contributed by atoms with Crippen LogP contribution in [-0.2, 0) is 16.6 Å². The summed E-state index contributed by atoms with van der Waals surface area (Å²) in [6.45, 7) is 2.23. The lowest BCUT2D eigenvalue weighted by Gasteiger charge is -2.25. The molecular formula is C19H25N3O2S. The third kappa shape index (κ3) is 5.04. The summed E-state index contributed by atoms with van der Waals surface area (Å²) < 4.78 is 27.3. The van der Waals surface area contributed by atoms with Gasteiger partial charge in [0.15, 0.2) is 0 Å². The van der Waals surface area contributed by atoms with E-state index in [4.69, 9.17) is 5.73 Å². The number of rotatable bonds is 9. The fourth-order valence-electron chi connectivity index (χ4n) is 2.71. The predicted octanol–water partition coefficient (Wildman–Crippen LogP) is 2.48. The molecule has 0 saturated heterocycles. The first-order chi connectivity index (χ1) is 12.1. The number of anilines is 1. The highest BCUT2D eigenvalue weighted by Crippen LogP contribution is 2.24. The van der Waals surface area contributed by atoms with Crippen LogP contribution < -0.4 is 15.4 Å². The van der Waals surface area contributed by atoms with Crippen molar-refractivity contribution >= 4 is 15.7 Å². The Hall–Kier alpha value is -1.89. The van der Waals surface area contributed by atoms with Crippen molar-refractivity contribution < 1.29 is 8.42 Å². The number of sulfonamides is 1. The quantitative estimate of drug-likeness (QED) is 0.721. The molecule has 1 aliphatic rings. The fraction of sp³-hybridized carbons (Fsp3) is 0.368. The zero-order valence-corrected chi connectivity index (χ0v) is 15.1. The highest BCUT2D eigenvalue weighted by Gasteiger charge is 2.27. The molecule has 5 nitrogen and oxygen atoms in total. The average Bonchev–Trinajstić information content (AvgIpc) is 3.43. The molecule has 2 aromatic rings. The lowest BCUT2D eigenvalue weighted by molar-refractivity contribution is 0.581. The molecule has 1 fully saturated rings. The van der Waals surface area contributed by atoms with Crippen molar-refractivity contribution in [3.05, 3.63) is 60.2 Å². The van der Waals surface area contributed by atoms with E-state index in [0.717, 1.165) is 38.0 Å². The van der Waals surface area contributed by atoms with Gasteiger partial charge in [-0.25, -0.2) is 13.1 Å². The van der Waals surface area contributed by atoms with E-state index < -0.39 is 10.0 Å². The number of benzene rings is 2. The molecule has 6 heteroatoms. The van der Waals surface area contributed by atoms with Crippen LogP contribution in [0.15, 0.2) is 59.5 Å². The smallest absolute Gasteiger partial charge is 0.240 e. The molecule has 1 saturated carbocycles. The second-order valence-electron chi connectivity index (χ2n) is 6.44. The molecule has 0 heterocycles. The van der Waals surface area contributed by atoms with Crippen LogP contribution in [0.5, 0.6) is 0 Å². The van der Waals surface area contributed by atoms with Gasteiger partial charge >= 0.3 is 0 Å². The third-order valence-corrected chi connectivity index (χ3v) is 5.80. The summed E-state index contributed by atoms with van der Waals surface area (Å²) in [5, 5.41) is 0. The first-order valence-electron chi connectivity index (χ1n) is 8.70. The maximum Gasteiger partial charge on any atom is 0.240 e. The van der Waals surface area contributed by atoms with Crippen LogP contribution in [0.3, 0.4) is 0 Å². The van der Waals surface area contributed by atoms with Crippen molar-refractivity contribution in [3.63, 3.8) is 0 Å². The van der Waals surface area contributed by atoms with Crippen LogP contribution in [0, 0.1) is 0 Å². The van der Waals surface area contributed by atoms with Gasteiger partial charge in [0.25, 0.3) is 0 Å². The Labute approximate surface area is 149 Å². The van der Waals surface area contributed by atoms with E-state index in [1.54, 1.807) is 12.1 Å². The van der Waals surface area contributed by atoms with Gasteiger partial charge in [0.05, 0.1) is 4.90 Å². The van der Waals surface area contributed by atoms with E-state index in [0.29, 0.717) is 11.4 Å². The van der Waals surface area contributed by atoms with Gasteiger partial charge in [0.2, 0.25) is 10.0 Å². The number of nitrogens with zero attached hydrogens (tertiary/aromatic N) is 1. The highest BCUT2D eigenvalue weighted by molar-refractivity contribution is 7.89. The summed E-state index contributed by atoms with van der Waals surface area (Å²) in [5.41, 5.74) is 7.88. The first-order valence-corrected chi connectivity index (χ1v) is 10.2. The zero-order chi connectivity index (χ0) is 17.7. The van der Waals surface area contributed by atoms with Crippen LogP contribution in [0.2, 0.25) is 0 Å². The van der Waals surface area contributed by atoms with Crippen molar-refractivity contribution in [2.75, 3.05) is 18.0 Å². The molecule has 0 atom stereocenters. The molecule has 25 heavy (non-hydrogen) atoms. The maximum absolute atomic E-state index is 12.3. The van der Waals surface area contributed by atoms with Gasteiger partial charge in [-0.3, -0.25) is 0 Å². The SMILES string of the molecule is NCCCN(Cc1ccccc1)c1ccc(S(=O)(=O)NC2CC2)cc1. The van der Waals surface area contributed by atoms with Crippen LogP contribution in [0.1, 0.15) is 24.8 Å². The van der Waals surface area contributed by atoms with Crippen molar-refractivity contribution in [2.45, 2.75) is 36.7 Å². The minimum Gasteiger partial charge on any atom is -0.367 e. The Morgan fingerprint density at radius 3 is 2.32 bits per heavy atom. The van der Waals surface area contributed by atoms with Crippen LogP contribution in [0.25, 0.3) is 0 Å². The lowest BCUT2D eigenvalue weighted by atomic mass is 10.2. The number of hydrogen-bond acceptors (Lipinski definition) is 4. The second kappa shape index (κ2) is 7.99. The van der Waals surface area contributed by atoms with E-state index in [9.17, 15) is 8.42 Å². The second-order valence-corrected chi connectivity index (χ2v) is 8.15. The fourth-order valence-corrected chi connectivity index (χ4v) is 4.02. The largest absolute Gasteiger partial charge is 0.367 e. The normalized spacial score (nSPS) is 14.4. The molecular weight excluding hydrogens is 334 g/mol. The van der Waals surface area contributed by atoms with E-state index >= 15 is 0 Å². The Bertz CT molecular complexity index is 772. The molecule has 0 aliphatic heterocycles. The van der Waals surface area contributed by atoms with Gasteiger partial charge in [-0.1, -0.05) is 30.3 Å². The molecule has 134 valence electrons. The molecule has 0 spiro atoms. The molecule has 3 N–H and O–H groups in total. The summed E-state index contributed by atoms with van der Waals surface area (Å²) in [6, 6.07) is 17.5. The molecule has 0 bridgehead atoms. The van der Waals surface area contributed by atoms with Gasteiger partial charge < -0.3 is 10.6 Å². The number of hydrogen-bond donors (Lipinski definition) is 2. The Morgan fingerprint density at radius 1 is 1.04 bits per heavy atom. The Balaban J connectivity index is 1.76. The van der Waals surface area contributed by atoms with E-state index in [2.05, 4.69) is 21.8 Å². The minimum absolute atomic E-state index is 0.115. The molecule has 0 radical (unpaired) electrons. The Kier molecular flexibility index (Phi) is 5.73. The van der Waals surface area contributed by atoms with Crippen LogP contribution in [-0.4, -0.2) is 27.5 Å². The monoisotopic (exact) mass is 359 g/mol. The van der Waals surface area contributed by atoms with Crippen molar-refractivity contribution in [2.24, 2.45) is 5.73 Å². The van der Waals surface area contributed by atoms with E-state index in [1.807, 2.05) is 30.3 Å². The average molecular weight is 359 g/mol. The molecule has 0 amide bonds.